The van der Waals surface area contributed by atoms with E-state index >= 15 is 0 Å². The smallest absolute Gasteiger partial charge is 0.870 e. The van der Waals surface area contributed by atoms with E-state index in [1.54, 1.807) is 0 Å². The quantitative estimate of drug-likeness (QED) is 0.364. The number of hydrogen-bond acceptors (Lipinski definition) is 5. The summed E-state index contributed by atoms with van der Waals surface area (Å²) in [7, 11) is 0. The van der Waals surface area contributed by atoms with Gasteiger partial charge in [0.15, 0.2) is 0 Å². The van der Waals surface area contributed by atoms with Gasteiger partial charge in [0.25, 0.3) is 0 Å². The van der Waals surface area contributed by atoms with Crippen molar-refractivity contribution in [1.82, 2.24) is 0 Å². The van der Waals surface area contributed by atoms with Gasteiger partial charge in [0.2, 0.25) is 5.91 Å². The van der Waals surface area contributed by atoms with Crippen LogP contribution < -0.4 is 70.6 Å². The van der Waals surface area contributed by atoms with Crippen molar-refractivity contribution in [3.05, 3.63) is 0 Å². The van der Waals surface area contributed by atoms with Crippen molar-refractivity contribution in [3.63, 3.8) is 0 Å². The third-order valence-corrected chi connectivity index (χ3v) is 0.562. The molecule has 0 aliphatic heterocycles. The van der Waals surface area contributed by atoms with Crippen LogP contribution in [0.5, 0.6) is 0 Å². The van der Waals surface area contributed by atoms with E-state index in [1.807, 2.05) is 0 Å². The first-order chi connectivity index (χ1) is 3.18. The van der Waals surface area contributed by atoms with Crippen LogP contribution >= 0.6 is 0 Å². The van der Waals surface area contributed by atoms with Crippen LogP contribution in [0.15, 0.2) is 0 Å². The standard InChI is InChI=1S/C3H8N2O2.2Na.2H2O/c4-2(1-6)3(5)7;;;;/h2,6H,1,4H2,(H2,5,7);;;2*1H2/q;2*+1;;/p-2. The molecular formula is C3H10N2Na2O4. The molecule has 1 amide bonds. The molecule has 11 heavy (non-hydrogen) atoms. The minimum Gasteiger partial charge on any atom is -0.870 e. The minimum absolute atomic E-state index is 0. The largest absolute Gasteiger partial charge is 1.00 e. The molecule has 0 heterocycles. The van der Waals surface area contributed by atoms with E-state index in [1.165, 1.54) is 0 Å². The molecule has 0 spiro atoms. The molecular weight excluding hydrogens is 174 g/mol. The van der Waals surface area contributed by atoms with Crippen LogP contribution in [-0.4, -0.2) is 34.6 Å². The summed E-state index contributed by atoms with van der Waals surface area (Å²) in [5.41, 5.74) is 9.51. The van der Waals surface area contributed by atoms with Gasteiger partial charge in [0.1, 0.15) is 6.04 Å². The second-order valence-corrected chi connectivity index (χ2v) is 1.19. The maximum atomic E-state index is 9.87. The molecule has 0 aromatic heterocycles. The summed E-state index contributed by atoms with van der Waals surface area (Å²) >= 11 is 0. The summed E-state index contributed by atoms with van der Waals surface area (Å²) < 4.78 is 0. The van der Waals surface area contributed by atoms with Crippen LogP contribution in [0, 0.1) is 0 Å². The van der Waals surface area contributed by atoms with Gasteiger partial charge in [-0.05, 0) is 0 Å². The Morgan fingerprint density at radius 1 is 1.36 bits per heavy atom. The predicted octanol–water partition coefficient (Wildman–Crippen LogP) is -8.55. The molecule has 0 bridgehead atoms. The summed E-state index contributed by atoms with van der Waals surface area (Å²) in [4.78, 5) is 9.87. The van der Waals surface area contributed by atoms with Gasteiger partial charge in [-0.15, -0.1) is 0 Å². The number of hydrogen-bond donors (Lipinski definition) is 3. The van der Waals surface area contributed by atoms with E-state index in [4.69, 9.17) is 10.8 Å². The van der Waals surface area contributed by atoms with Crippen LogP contribution in [0.1, 0.15) is 0 Å². The first-order valence-electron chi connectivity index (χ1n) is 1.84. The Labute approximate surface area is 109 Å². The van der Waals surface area contributed by atoms with Crippen molar-refractivity contribution in [3.8, 4) is 0 Å². The molecule has 0 saturated carbocycles. The van der Waals surface area contributed by atoms with Gasteiger partial charge in [0.05, 0.1) is 6.61 Å². The van der Waals surface area contributed by atoms with Gasteiger partial charge in [0, 0.05) is 0 Å². The Balaban J connectivity index is -0.0000000300. The average molecular weight is 184 g/mol. The van der Waals surface area contributed by atoms with Crippen LogP contribution in [0.2, 0.25) is 0 Å². The molecule has 0 aromatic rings. The molecule has 1 atom stereocenters. The SMILES string of the molecule is NC(=O)C(N)CO.[Na+].[Na+].[OH-].[OH-]. The van der Waals surface area contributed by atoms with E-state index in [0.717, 1.165) is 0 Å². The zero-order valence-electron chi connectivity index (χ0n) is 6.69. The Bertz CT molecular complexity index is 83.7. The van der Waals surface area contributed by atoms with Gasteiger partial charge >= 0.3 is 59.1 Å². The van der Waals surface area contributed by atoms with Gasteiger partial charge < -0.3 is 27.5 Å². The Hall–Kier alpha value is 1.31. The molecule has 0 aliphatic carbocycles. The average Bonchev–Trinajstić information content (AvgIpc) is 1.65. The minimum atomic E-state index is -0.903. The molecule has 0 aliphatic rings. The van der Waals surface area contributed by atoms with Crippen molar-refractivity contribution < 1.29 is 80.0 Å². The van der Waals surface area contributed by atoms with Crippen LogP contribution in [-0.2, 0) is 4.79 Å². The number of carbonyl (C=O) groups is 1. The predicted molar refractivity (Wildman–Crippen MR) is 28.1 cm³/mol. The molecule has 7 N–H and O–H groups in total. The third-order valence-electron chi connectivity index (χ3n) is 0.562. The van der Waals surface area contributed by atoms with Crippen LogP contribution in [0.4, 0.5) is 0 Å². The van der Waals surface area contributed by atoms with Crippen molar-refractivity contribution >= 4 is 5.91 Å². The maximum absolute atomic E-state index is 9.87. The summed E-state index contributed by atoms with van der Waals surface area (Å²) in [6.07, 6.45) is 0. The number of amides is 1. The maximum Gasteiger partial charge on any atom is 1.00 e. The Kier molecular flexibility index (Phi) is 46.6. The number of rotatable bonds is 2. The van der Waals surface area contributed by atoms with Gasteiger partial charge in [-0.2, -0.15) is 0 Å². The second kappa shape index (κ2) is 17.4. The molecule has 8 heteroatoms. The number of primary amides is 1. The first-order valence-corrected chi connectivity index (χ1v) is 1.84. The van der Waals surface area contributed by atoms with E-state index in [2.05, 4.69) is 5.73 Å². The first kappa shape index (κ1) is 29.5. The fourth-order valence-corrected chi connectivity index (χ4v) is 0.0900. The number of aliphatic hydroxyl groups excluding tert-OH is 1. The summed E-state index contributed by atoms with van der Waals surface area (Å²) in [5, 5.41) is 8.08. The van der Waals surface area contributed by atoms with Gasteiger partial charge in [-0.25, -0.2) is 0 Å². The van der Waals surface area contributed by atoms with Gasteiger partial charge in [-0.1, -0.05) is 0 Å². The van der Waals surface area contributed by atoms with Crippen molar-refractivity contribution in [1.29, 1.82) is 0 Å². The molecule has 0 rings (SSSR count). The molecule has 1 unspecified atom stereocenters. The molecule has 0 aromatic carbocycles. The molecule has 58 valence electrons. The number of carbonyl (C=O) groups excluding carboxylic acids is 1. The zero-order valence-corrected chi connectivity index (χ0v) is 10.7. The normalized spacial score (nSPS) is 8.55. The van der Waals surface area contributed by atoms with E-state index in [0.29, 0.717) is 0 Å². The molecule has 0 radical (unpaired) electrons. The second-order valence-electron chi connectivity index (χ2n) is 1.19. The zero-order chi connectivity index (χ0) is 5.86. The number of aliphatic hydroxyl groups is 1. The van der Waals surface area contributed by atoms with Crippen LogP contribution in [0.3, 0.4) is 0 Å². The Morgan fingerprint density at radius 2 is 1.64 bits per heavy atom. The fraction of sp³-hybridized carbons (Fsp3) is 0.667. The van der Waals surface area contributed by atoms with Crippen molar-refractivity contribution in [2.45, 2.75) is 6.04 Å². The van der Waals surface area contributed by atoms with E-state index in [9.17, 15) is 4.79 Å². The van der Waals surface area contributed by atoms with Crippen molar-refractivity contribution in [2.24, 2.45) is 11.5 Å². The topological polar surface area (TPSA) is 149 Å². The summed E-state index contributed by atoms with van der Waals surface area (Å²) in [5.74, 6) is -0.678. The summed E-state index contributed by atoms with van der Waals surface area (Å²) in [6, 6.07) is -0.903. The molecule has 0 fully saturated rings. The van der Waals surface area contributed by atoms with Crippen LogP contribution in [0.25, 0.3) is 0 Å². The summed E-state index contributed by atoms with van der Waals surface area (Å²) in [6.45, 7) is -0.380. The fourth-order valence-electron chi connectivity index (χ4n) is 0.0900. The van der Waals surface area contributed by atoms with Gasteiger partial charge in [-0.3, -0.25) is 4.79 Å². The Morgan fingerprint density at radius 3 is 1.64 bits per heavy atom. The third kappa shape index (κ3) is 18.3. The monoisotopic (exact) mass is 184 g/mol. The van der Waals surface area contributed by atoms with Crippen molar-refractivity contribution in [2.75, 3.05) is 6.61 Å². The van der Waals surface area contributed by atoms with E-state index < -0.39 is 11.9 Å². The number of nitrogens with two attached hydrogens (primary N) is 2. The molecule has 6 nitrogen and oxygen atoms in total. The van der Waals surface area contributed by atoms with E-state index in [-0.39, 0.29) is 76.7 Å². The molecule has 0 saturated heterocycles.